The normalized spacial score (nSPS) is 10.8. The Kier molecular flexibility index (Phi) is 5.99. The van der Waals surface area contributed by atoms with Gasteiger partial charge in [0.05, 0.1) is 6.54 Å². The van der Waals surface area contributed by atoms with Gasteiger partial charge in [-0.25, -0.2) is 8.78 Å². The molecule has 0 atom stereocenters. The van der Waals surface area contributed by atoms with Crippen LogP contribution in [0.5, 0.6) is 5.75 Å². The zero-order chi connectivity index (χ0) is 21.8. The van der Waals surface area contributed by atoms with Gasteiger partial charge in [-0.3, -0.25) is 9.48 Å². The molecule has 9 heteroatoms. The van der Waals surface area contributed by atoms with Crippen LogP contribution in [0.15, 0.2) is 71.3 Å². The molecule has 0 saturated carbocycles. The average Bonchev–Trinajstić information content (AvgIpc) is 3.39. The monoisotopic (exact) mass is 443 g/mol. The number of carbonyl (C=O) groups is 1. The van der Waals surface area contributed by atoms with Gasteiger partial charge in [-0.05, 0) is 42.0 Å². The van der Waals surface area contributed by atoms with Crippen LogP contribution in [-0.4, -0.2) is 15.7 Å². The van der Waals surface area contributed by atoms with Crippen molar-refractivity contribution in [1.82, 2.24) is 9.78 Å². The van der Waals surface area contributed by atoms with E-state index in [9.17, 15) is 13.6 Å². The van der Waals surface area contributed by atoms with E-state index in [1.54, 1.807) is 29.1 Å². The molecule has 0 aliphatic carbocycles. The summed E-state index contributed by atoms with van der Waals surface area (Å²) < 4.78 is 38.9. The van der Waals surface area contributed by atoms with Crippen LogP contribution in [0.2, 0.25) is 5.02 Å². The zero-order valence-electron chi connectivity index (χ0n) is 16.0. The van der Waals surface area contributed by atoms with Gasteiger partial charge in [0.1, 0.15) is 18.2 Å². The maximum Gasteiger partial charge on any atom is 0.292 e. The molecule has 0 radical (unpaired) electrons. The molecule has 0 bridgehead atoms. The van der Waals surface area contributed by atoms with Crippen LogP contribution in [0, 0.1) is 11.6 Å². The van der Waals surface area contributed by atoms with Crippen molar-refractivity contribution in [3.8, 4) is 5.75 Å². The van der Waals surface area contributed by atoms with E-state index in [4.69, 9.17) is 20.8 Å². The van der Waals surface area contributed by atoms with Gasteiger partial charge in [-0.2, -0.15) is 5.10 Å². The van der Waals surface area contributed by atoms with Gasteiger partial charge in [0, 0.05) is 23.4 Å². The van der Waals surface area contributed by atoms with Crippen molar-refractivity contribution in [3.63, 3.8) is 0 Å². The number of rotatable bonds is 7. The molecule has 31 heavy (non-hydrogen) atoms. The second-order valence-corrected chi connectivity index (χ2v) is 7.04. The van der Waals surface area contributed by atoms with Gasteiger partial charge in [-0.1, -0.05) is 23.7 Å². The van der Waals surface area contributed by atoms with Crippen molar-refractivity contribution in [1.29, 1.82) is 0 Å². The van der Waals surface area contributed by atoms with Crippen molar-refractivity contribution in [2.75, 3.05) is 5.32 Å². The fraction of sp³-hybridized carbons (Fsp3) is 0.0909. The largest absolute Gasteiger partial charge is 0.483 e. The first-order valence-corrected chi connectivity index (χ1v) is 9.60. The lowest BCUT2D eigenvalue weighted by atomic mass is 10.2. The van der Waals surface area contributed by atoms with E-state index in [0.29, 0.717) is 23.1 Å². The second kappa shape index (κ2) is 9.01. The highest BCUT2D eigenvalue weighted by molar-refractivity contribution is 6.30. The first kappa shape index (κ1) is 20.6. The van der Waals surface area contributed by atoms with Crippen molar-refractivity contribution in [2.45, 2.75) is 13.2 Å². The number of amides is 1. The smallest absolute Gasteiger partial charge is 0.292 e. The lowest BCUT2D eigenvalue weighted by Gasteiger charge is -2.05. The van der Waals surface area contributed by atoms with Crippen molar-refractivity contribution < 1.29 is 22.7 Å². The number of ether oxygens (including phenoxy) is 1. The van der Waals surface area contributed by atoms with E-state index in [0.717, 1.165) is 17.7 Å². The number of nitrogens with one attached hydrogen (secondary N) is 1. The van der Waals surface area contributed by atoms with Crippen molar-refractivity contribution >= 4 is 23.3 Å². The van der Waals surface area contributed by atoms with Gasteiger partial charge in [0.15, 0.2) is 23.1 Å². The highest BCUT2D eigenvalue weighted by Gasteiger charge is 2.14. The topological polar surface area (TPSA) is 69.3 Å². The summed E-state index contributed by atoms with van der Waals surface area (Å²) in [4.78, 5) is 12.4. The number of furan rings is 1. The Labute approximate surface area is 181 Å². The average molecular weight is 444 g/mol. The Morgan fingerprint density at radius 1 is 1.10 bits per heavy atom. The Morgan fingerprint density at radius 3 is 2.68 bits per heavy atom. The third-order valence-electron chi connectivity index (χ3n) is 4.29. The lowest BCUT2D eigenvalue weighted by molar-refractivity contribution is 0.0992. The standard InChI is InChI=1S/C22H16ClF2N3O3/c23-15-3-1-14(2-4-15)12-28-10-9-21(27-28)26-22(29)20-8-6-17(31-20)13-30-19-7-5-16(24)11-18(19)25/h1-11H,12-13H2,(H,26,27,29). The molecule has 2 aromatic carbocycles. The van der Waals surface area contributed by atoms with Crippen molar-refractivity contribution in [3.05, 3.63) is 101 Å². The van der Waals surface area contributed by atoms with Gasteiger partial charge in [0.25, 0.3) is 5.91 Å². The first-order chi connectivity index (χ1) is 15.0. The molecule has 4 rings (SSSR count). The highest BCUT2D eigenvalue weighted by atomic mass is 35.5. The number of halogens is 3. The SMILES string of the molecule is O=C(Nc1ccn(Cc2ccc(Cl)cc2)n1)c1ccc(COc2ccc(F)cc2F)o1. The molecule has 0 unspecified atom stereocenters. The molecule has 0 spiro atoms. The minimum Gasteiger partial charge on any atom is -0.483 e. The minimum absolute atomic E-state index is 0.0467. The fourth-order valence-corrected chi connectivity index (χ4v) is 2.92. The Bertz CT molecular complexity index is 1200. The number of benzene rings is 2. The first-order valence-electron chi connectivity index (χ1n) is 9.22. The van der Waals surface area contributed by atoms with E-state index in [-0.39, 0.29) is 18.1 Å². The number of carbonyl (C=O) groups excluding carboxylic acids is 1. The summed E-state index contributed by atoms with van der Waals surface area (Å²) in [6.07, 6.45) is 1.74. The molecule has 158 valence electrons. The fourth-order valence-electron chi connectivity index (χ4n) is 2.79. The molecule has 2 heterocycles. The van der Waals surface area contributed by atoms with Crippen LogP contribution in [0.3, 0.4) is 0 Å². The Morgan fingerprint density at radius 2 is 1.90 bits per heavy atom. The third-order valence-corrected chi connectivity index (χ3v) is 4.54. The molecule has 1 amide bonds. The summed E-state index contributed by atoms with van der Waals surface area (Å²) in [6.45, 7) is 0.404. The van der Waals surface area contributed by atoms with Crippen molar-refractivity contribution in [2.24, 2.45) is 0 Å². The number of aromatic nitrogens is 2. The van der Waals surface area contributed by atoms with E-state index < -0.39 is 17.5 Å². The van der Waals surface area contributed by atoms with Crippen LogP contribution in [0.25, 0.3) is 0 Å². The van der Waals surface area contributed by atoms with E-state index in [1.807, 2.05) is 12.1 Å². The van der Waals surface area contributed by atoms with Gasteiger partial charge in [-0.15, -0.1) is 0 Å². The van der Waals surface area contributed by atoms with Crippen LogP contribution >= 0.6 is 11.6 Å². The number of anilines is 1. The number of hydrogen-bond donors (Lipinski definition) is 1. The molecule has 1 N–H and O–H groups in total. The Balaban J connectivity index is 1.33. The maximum atomic E-state index is 13.6. The number of hydrogen-bond acceptors (Lipinski definition) is 4. The molecule has 0 aliphatic heterocycles. The lowest BCUT2D eigenvalue weighted by Crippen LogP contribution is -2.12. The van der Waals surface area contributed by atoms with E-state index >= 15 is 0 Å². The Hall–Kier alpha value is -3.65. The molecule has 6 nitrogen and oxygen atoms in total. The molecular weight excluding hydrogens is 428 g/mol. The van der Waals surface area contributed by atoms with Gasteiger partial charge >= 0.3 is 0 Å². The maximum absolute atomic E-state index is 13.6. The van der Waals surface area contributed by atoms with E-state index in [2.05, 4.69) is 10.4 Å². The zero-order valence-corrected chi connectivity index (χ0v) is 16.8. The highest BCUT2D eigenvalue weighted by Crippen LogP contribution is 2.20. The van der Waals surface area contributed by atoms with Crippen LogP contribution in [0.1, 0.15) is 21.9 Å². The van der Waals surface area contributed by atoms with Crippen LogP contribution in [0.4, 0.5) is 14.6 Å². The summed E-state index contributed by atoms with van der Waals surface area (Å²) >= 11 is 5.88. The molecular formula is C22H16ClF2N3O3. The quantitative estimate of drug-likeness (QED) is 0.421. The minimum atomic E-state index is -0.821. The molecule has 0 saturated heterocycles. The van der Waals surface area contributed by atoms with Crippen LogP contribution in [-0.2, 0) is 13.2 Å². The molecule has 4 aromatic rings. The summed E-state index contributed by atoms with van der Waals surface area (Å²) in [6, 6.07) is 15.1. The summed E-state index contributed by atoms with van der Waals surface area (Å²) in [7, 11) is 0. The summed E-state index contributed by atoms with van der Waals surface area (Å²) in [5.41, 5.74) is 1.01. The molecule has 0 aliphatic rings. The molecule has 2 aromatic heterocycles. The predicted octanol–water partition coefficient (Wildman–Crippen LogP) is 5.29. The van der Waals surface area contributed by atoms with E-state index in [1.165, 1.54) is 18.2 Å². The molecule has 0 fully saturated rings. The van der Waals surface area contributed by atoms with Crippen LogP contribution < -0.4 is 10.1 Å². The third kappa shape index (κ3) is 5.29. The number of nitrogens with zero attached hydrogens (tertiary/aromatic N) is 2. The predicted molar refractivity (Wildman–Crippen MR) is 110 cm³/mol. The van der Waals surface area contributed by atoms with Gasteiger partial charge in [0.2, 0.25) is 0 Å². The summed E-state index contributed by atoms with van der Waals surface area (Å²) in [5.74, 6) is -1.41. The second-order valence-electron chi connectivity index (χ2n) is 6.61. The van der Waals surface area contributed by atoms with Gasteiger partial charge < -0.3 is 14.5 Å². The summed E-state index contributed by atoms with van der Waals surface area (Å²) in [5, 5.41) is 7.61.